The lowest BCUT2D eigenvalue weighted by Crippen LogP contribution is -2.34. The van der Waals surface area contributed by atoms with Crippen LogP contribution < -0.4 is 4.90 Å². The predicted octanol–water partition coefficient (Wildman–Crippen LogP) is 3.66. The average Bonchev–Trinajstić information content (AvgIpc) is 3.12. The lowest BCUT2D eigenvalue weighted by Gasteiger charge is -2.20. The van der Waals surface area contributed by atoms with Crippen LogP contribution >= 0.6 is 23.2 Å². The molecule has 11 heteroatoms. The van der Waals surface area contributed by atoms with Gasteiger partial charge in [0.1, 0.15) is 19.8 Å². The summed E-state index contributed by atoms with van der Waals surface area (Å²) in [6.45, 7) is 2.42. The normalized spacial score (nSPS) is 14.9. The maximum atomic E-state index is 12.9. The average molecular weight is 435 g/mol. The summed E-state index contributed by atoms with van der Waals surface area (Å²) >= 11 is 11.8. The molecule has 2 amide bonds. The smallest absolute Gasteiger partial charge is 0.314 e. The lowest BCUT2D eigenvalue weighted by molar-refractivity contribution is -0.142. The van der Waals surface area contributed by atoms with Gasteiger partial charge in [-0.3, -0.25) is 19.2 Å². The Morgan fingerprint density at radius 2 is 1.93 bits per heavy atom. The summed E-state index contributed by atoms with van der Waals surface area (Å²) < 4.78 is 39.7. The largest absolute Gasteiger partial charge is 0.436 e. The van der Waals surface area contributed by atoms with Gasteiger partial charge >= 0.3 is 6.18 Å². The number of hydrogen-bond donors (Lipinski definition) is 0. The highest BCUT2D eigenvalue weighted by Crippen LogP contribution is 2.35. The van der Waals surface area contributed by atoms with Crippen LogP contribution in [0.25, 0.3) is 0 Å². The molecule has 0 spiro atoms. The molecule has 0 unspecified atom stereocenters. The van der Waals surface area contributed by atoms with Crippen LogP contribution in [0.5, 0.6) is 0 Å². The Hall–Kier alpha value is -2.26. The van der Waals surface area contributed by atoms with E-state index in [0.717, 1.165) is 4.68 Å². The molecular weight excluding hydrogens is 420 g/mol. The first kappa shape index (κ1) is 20.5. The zero-order chi connectivity index (χ0) is 20.8. The van der Waals surface area contributed by atoms with E-state index in [9.17, 15) is 22.8 Å². The minimum absolute atomic E-state index is 0.0235. The molecule has 0 atom stereocenters. The highest BCUT2D eigenvalue weighted by atomic mass is 35.5. The van der Waals surface area contributed by atoms with Crippen molar-refractivity contribution in [3.8, 4) is 0 Å². The standard InChI is InChI=1S/C17H15Cl2F3N4O2/c1-9-11(18)4-3-5-12(9)25-8-24(6-14(25)28)13(27)7-26-10(2)15(19)16(23-26)17(20,21)22/h3-5H,6-8H2,1-2H3. The van der Waals surface area contributed by atoms with E-state index in [2.05, 4.69) is 5.10 Å². The van der Waals surface area contributed by atoms with Gasteiger partial charge in [-0.2, -0.15) is 18.3 Å². The summed E-state index contributed by atoms with van der Waals surface area (Å²) in [5, 5.41) is 3.35. The number of carbonyl (C=O) groups is 2. The van der Waals surface area contributed by atoms with Gasteiger partial charge in [0.2, 0.25) is 11.8 Å². The number of alkyl halides is 3. The molecule has 2 heterocycles. The number of anilines is 1. The Morgan fingerprint density at radius 3 is 2.54 bits per heavy atom. The molecule has 1 saturated heterocycles. The zero-order valence-corrected chi connectivity index (χ0v) is 16.4. The molecule has 6 nitrogen and oxygen atoms in total. The Kier molecular flexibility index (Phi) is 5.33. The Bertz CT molecular complexity index is 959. The second-order valence-corrected chi connectivity index (χ2v) is 7.13. The third-order valence-corrected chi connectivity index (χ3v) is 5.37. The highest BCUT2D eigenvalue weighted by Gasteiger charge is 2.39. The van der Waals surface area contributed by atoms with Crippen LogP contribution in [0.3, 0.4) is 0 Å². The van der Waals surface area contributed by atoms with Crippen molar-refractivity contribution in [2.45, 2.75) is 26.6 Å². The number of carbonyl (C=O) groups excluding carboxylic acids is 2. The third-order valence-electron chi connectivity index (χ3n) is 4.51. The summed E-state index contributed by atoms with van der Waals surface area (Å²) in [5.41, 5.74) is 0.0466. The van der Waals surface area contributed by atoms with Crippen LogP contribution in [0.4, 0.5) is 18.9 Å². The molecular formula is C17H15Cl2F3N4O2. The Morgan fingerprint density at radius 1 is 1.25 bits per heavy atom. The quantitative estimate of drug-likeness (QED) is 0.740. The predicted molar refractivity (Wildman–Crippen MR) is 97.2 cm³/mol. The van der Waals surface area contributed by atoms with Crippen molar-refractivity contribution in [2.24, 2.45) is 0 Å². The van der Waals surface area contributed by atoms with E-state index >= 15 is 0 Å². The van der Waals surface area contributed by atoms with Crippen molar-refractivity contribution in [1.82, 2.24) is 14.7 Å². The van der Waals surface area contributed by atoms with Crippen LogP contribution in [0.1, 0.15) is 17.0 Å². The lowest BCUT2D eigenvalue weighted by atomic mass is 10.2. The molecule has 2 aromatic rings. The number of hydrogen-bond acceptors (Lipinski definition) is 3. The zero-order valence-electron chi connectivity index (χ0n) is 14.8. The van der Waals surface area contributed by atoms with Crippen LogP contribution in [0, 0.1) is 13.8 Å². The van der Waals surface area contributed by atoms with Crippen molar-refractivity contribution in [3.63, 3.8) is 0 Å². The van der Waals surface area contributed by atoms with Crippen molar-refractivity contribution < 1.29 is 22.8 Å². The van der Waals surface area contributed by atoms with Gasteiger partial charge in [-0.1, -0.05) is 29.3 Å². The number of benzene rings is 1. The molecule has 1 aromatic heterocycles. The molecule has 1 fully saturated rings. The fraction of sp³-hybridized carbons (Fsp3) is 0.353. The second kappa shape index (κ2) is 7.29. The van der Waals surface area contributed by atoms with Gasteiger partial charge in [-0.15, -0.1) is 0 Å². The molecule has 0 bridgehead atoms. The number of halogens is 5. The van der Waals surface area contributed by atoms with Crippen LogP contribution in [0.15, 0.2) is 18.2 Å². The first-order valence-electron chi connectivity index (χ1n) is 8.14. The van der Waals surface area contributed by atoms with Gasteiger partial charge in [-0.25, -0.2) is 0 Å². The van der Waals surface area contributed by atoms with Crippen molar-refractivity contribution >= 4 is 40.7 Å². The number of aromatic nitrogens is 2. The van der Waals surface area contributed by atoms with Gasteiger partial charge in [0, 0.05) is 10.7 Å². The second-order valence-electron chi connectivity index (χ2n) is 6.34. The van der Waals surface area contributed by atoms with E-state index in [1.54, 1.807) is 25.1 Å². The van der Waals surface area contributed by atoms with Crippen molar-refractivity contribution in [2.75, 3.05) is 18.1 Å². The molecule has 0 radical (unpaired) electrons. The number of amides is 2. The summed E-state index contributed by atoms with van der Waals surface area (Å²) in [6, 6.07) is 5.09. The Balaban J connectivity index is 1.78. The Labute approximate surface area is 168 Å². The first-order chi connectivity index (χ1) is 13.0. The van der Waals surface area contributed by atoms with Crippen LogP contribution in [0.2, 0.25) is 10.0 Å². The van der Waals surface area contributed by atoms with E-state index in [0.29, 0.717) is 16.3 Å². The summed E-state index contributed by atoms with van der Waals surface area (Å²) in [4.78, 5) is 27.6. The topological polar surface area (TPSA) is 58.4 Å². The fourth-order valence-electron chi connectivity index (χ4n) is 2.90. The highest BCUT2D eigenvalue weighted by molar-refractivity contribution is 6.32. The molecule has 0 saturated carbocycles. The number of rotatable bonds is 3. The van der Waals surface area contributed by atoms with Gasteiger partial charge < -0.3 is 4.90 Å². The summed E-state index contributed by atoms with van der Waals surface area (Å²) in [6.07, 6.45) is -4.72. The summed E-state index contributed by atoms with van der Waals surface area (Å²) in [7, 11) is 0. The maximum Gasteiger partial charge on any atom is 0.436 e. The van der Waals surface area contributed by atoms with Gasteiger partial charge in [0.05, 0.1) is 10.7 Å². The SMILES string of the molecule is Cc1c(Cl)cccc1N1CN(C(=O)Cn2nc(C(F)(F)F)c(Cl)c2C)CC1=O. The molecule has 0 N–H and O–H groups in total. The molecule has 1 aromatic carbocycles. The van der Waals surface area contributed by atoms with Crippen molar-refractivity contribution in [1.29, 1.82) is 0 Å². The van der Waals surface area contributed by atoms with Gasteiger partial charge in [0.15, 0.2) is 5.69 Å². The maximum absolute atomic E-state index is 12.9. The van der Waals surface area contributed by atoms with E-state index < -0.39 is 29.3 Å². The summed E-state index contributed by atoms with van der Waals surface area (Å²) in [5.74, 6) is -0.864. The monoisotopic (exact) mass is 434 g/mol. The molecule has 0 aliphatic carbocycles. The van der Waals surface area contributed by atoms with Gasteiger partial charge in [-0.05, 0) is 31.5 Å². The third kappa shape index (κ3) is 3.68. The molecule has 1 aliphatic rings. The van der Waals surface area contributed by atoms with Crippen LogP contribution in [-0.4, -0.2) is 39.7 Å². The van der Waals surface area contributed by atoms with E-state index in [-0.39, 0.29) is 24.8 Å². The van der Waals surface area contributed by atoms with E-state index in [1.807, 2.05) is 0 Å². The molecule has 1 aliphatic heterocycles. The van der Waals surface area contributed by atoms with Crippen LogP contribution in [-0.2, 0) is 22.3 Å². The number of nitrogens with zero attached hydrogens (tertiary/aromatic N) is 4. The first-order valence-corrected chi connectivity index (χ1v) is 8.89. The molecule has 3 rings (SSSR count). The van der Waals surface area contributed by atoms with Gasteiger partial charge in [0.25, 0.3) is 0 Å². The van der Waals surface area contributed by atoms with E-state index in [1.165, 1.54) is 16.7 Å². The van der Waals surface area contributed by atoms with Crippen molar-refractivity contribution in [3.05, 3.63) is 45.2 Å². The fourth-order valence-corrected chi connectivity index (χ4v) is 3.31. The molecule has 28 heavy (non-hydrogen) atoms. The van der Waals surface area contributed by atoms with E-state index in [4.69, 9.17) is 23.2 Å². The minimum Gasteiger partial charge on any atom is -0.314 e. The molecule has 150 valence electrons. The minimum atomic E-state index is -4.72.